The molecule has 2 aliphatic rings. The number of hydroxylamine groups is 1. The molecule has 2 fully saturated rings. The highest BCUT2D eigenvalue weighted by atomic mass is 79.9. The van der Waals surface area contributed by atoms with Crippen LogP contribution in [0.1, 0.15) is 41.6 Å². The standard InChI is InChI=1S/C28H36BrFN6O2/c1-19-15-21(29)7-8-23(19)32-26-22(28(37)33-38-17-20-5-6-20)16-24-27(25(26)30)31-18-36(24)10-4-3-9-35-13-11-34(2)12-14-35/h7-8,15-16,18,20,32H,3-6,9-14,17H2,1-2H3,(H,33,37). The fraction of sp³-hybridized carbons (Fsp3) is 0.500. The first-order chi connectivity index (χ1) is 18.4. The maximum absolute atomic E-state index is 15.9. The third-order valence-corrected chi connectivity index (χ3v) is 7.94. The maximum Gasteiger partial charge on any atom is 0.277 e. The minimum Gasteiger partial charge on any atom is -0.352 e. The van der Waals surface area contributed by atoms with E-state index in [1.54, 1.807) is 12.4 Å². The van der Waals surface area contributed by atoms with Gasteiger partial charge in [-0.25, -0.2) is 14.9 Å². The number of nitrogens with one attached hydrogen (secondary N) is 2. The van der Waals surface area contributed by atoms with Crippen molar-refractivity contribution in [3.8, 4) is 0 Å². The van der Waals surface area contributed by atoms with Crippen LogP contribution in [0.4, 0.5) is 15.8 Å². The lowest BCUT2D eigenvalue weighted by molar-refractivity contribution is 0.0271. The van der Waals surface area contributed by atoms with E-state index in [2.05, 4.69) is 48.6 Å². The highest BCUT2D eigenvalue weighted by Gasteiger charge is 2.25. The maximum atomic E-state index is 15.9. The molecule has 0 bridgehead atoms. The van der Waals surface area contributed by atoms with Crippen LogP contribution < -0.4 is 10.8 Å². The van der Waals surface area contributed by atoms with Crippen LogP contribution in [0.15, 0.2) is 35.1 Å². The zero-order chi connectivity index (χ0) is 26.6. The van der Waals surface area contributed by atoms with Crippen molar-refractivity contribution < 1.29 is 14.0 Å². The molecule has 1 saturated heterocycles. The Balaban J connectivity index is 1.35. The number of benzene rings is 2. The van der Waals surface area contributed by atoms with Gasteiger partial charge in [0.05, 0.1) is 29.7 Å². The molecule has 0 spiro atoms. The van der Waals surface area contributed by atoms with E-state index in [0.29, 0.717) is 30.3 Å². The summed E-state index contributed by atoms with van der Waals surface area (Å²) in [5.74, 6) is -0.537. The third-order valence-electron chi connectivity index (χ3n) is 7.45. The van der Waals surface area contributed by atoms with Gasteiger partial charge in [-0.15, -0.1) is 0 Å². The molecule has 1 aliphatic carbocycles. The monoisotopic (exact) mass is 586 g/mol. The first-order valence-electron chi connectivity index (χ1n) is 13.4. The van der Waals surface area contributed by atoms with E-state index >= 15 is 4.39 Å². The minimum absolute atomic E-state index is 0.0933. The van der Waals surface area contributed by atoms with Gasteiger partial charge in [-0.1, -0.05) is 15.9 Å². The highest BCUT2D eigenvalue weighted by Crippen LogP contribution is 2.33. The van der Waals surface area contributed by atoms with E-state index in [4.69, 9.17) is 4.84 Å². The van der Waals surface area contributed by atoms with Gasteiger partial charge < -0.3 is 19.7 Å². The topological polar surface area (TPSA) is 74.7 Å². The summed E-state index contributed by atoms with van der Waals surface area (Å²) in [6.07, 6.45) is 5.89. The molecule has 2 aromatic carbocycles. The van der Waals surface area contributed by atoms with Gasteiger partial charge in [-0.2, -0.15) is 0 Å². The lowest BCUT2D eigenvalue weighted by Gasteiger charge is -2.32. The van der Waals surface area contributed by atoms with Crippen LogP contribution in [0.2, 0.25) is 0 Å². The summed E-state index contributed by atoms with van der Waals surface area (Å²) in [6, 6.07) is 7.39. The summed E-state index contributed by atoms with van der Waals surface area (Å²) < 4.78 is 18.8. The number of amides is 1. The van der Waals surface area contributed by atoms with Gasteiger partial charge in [0.15, 0.2) is 5.82 Å². The zero-order valence-corrected chi connectivity index (χ0v) is 23.7. The molecular weight excluding hydrogens is 551 g/mol. The van der Waals surface area contributed by atoms with E-state index in [1.807, 2.05) is 29.7 Å². The molecule has 2 heterocycles. The van der Waals surface area contributed by atoms with Crippen molar-refractivity contribution in [3.05, 3.63) is 52.0 Å². The number of carbonyl (C=O) groups excluding carboxylic acids is 1. The normalized spacial score (nSPS) is 16.7. The van der Waals surface area contributed by atoms with Crippen LogP contribution in [0, 0.1) is 18.7 Å². The fourth-order valence-corrected chi connectivity index (χ4v) is 5.27. The lowest BCUT2D eigenvalue weighted by Crippen LogP contribution is -2.44. The summed E-state index contributed by atoms with van der Waals surface area (Å²) in [4.78, 5) is 27.9. The molecule has 0 unspecified atom stereocenters. The molecule has 1 aliphatic heterocycles. The number of anilines is 2. The molecule has 5 rings (SSSR count). The summed E-state index contributed by atoms with van der Waals surface area (Å²) in [5, 5.41) is 3.15. The third kappa shape index (κ3) is 6.54. The van der Waals surface area contributed by atoms with Crippen molar-refractivity contribution in [2.45, 2.75) is 39.2 Å². The van der Waals surface area contributed by atoms with Crippen molar-refractivity contribution in [1.82, 2.24) is 24.8 Å². The average Bonchev–Trinajstić information content (AvgIpc) is 3.63. The molecule has 38 heavy (non-hydrogen) atoms. The number of unbranched alkanes of at least 4 members (excludes halogenated alkanes) is 1. The Morgan fingerprint density at radius 1 is 1.16 bits per heavy atom. The number of fused-ring (bicyclic) bond motifs is 1. The van der Waals surface area contributed by atoms with Crippen molar-refractivity contribution >= 4 is 44.2 Å². The largest absolute Gasteiger partial charge is 0.352 e. The Bertz CT molecular complexity index is 1290. The Labute approximate surface area is 231 Å². The first-order valence-corrected chi connectivity index (χ1v) is 14.2. The molecule has 8 nitrogen and oxygen atoms in total. The number of likely N-dealkylation sites (N-methyl/N-ethyl adjacent to an activating group) is 1. The van der Waals surface area contributed by atoms with Gasteiger partial charge in [-0.05, 0) is 81.9 Å². The first kappa shape index (κ1) is 27.1. The quantitative estimate of drug-likeness (QED) is 0.241. The van der Waals surface area contributed by atoms with Crippen molar-refractivity contribution in [2.75, 3.05) is 51.7 Å². The van der Waals surface area contributed by atoms with Crippen LogP contribution in [0.25, 0.3) is 11.0 Å². The van der Waals surface area contributed by atoms with Gasteiger partial charge in [0.25, 0.3) is 5.91 Å². The van der Waals surface area contributed by atoms with Gasteiger partial charge in [-0.3, -0.25) is 9.63 Å². The molecule has 10 heteroatoms. The van der Waals surface area contributed by atoms with Crippen LogP contribution in [-0.2, 0) is 11.4 Å². The molecule has 204 valence electrons. The summed E-state index contributed by atoms with van der Waals surface area (Å²) in [5.41, 5.74) is 5.28. The van der Waals surface area contributed by atoms with E-state index < -0.39 is 11.7 Å². The van der Waals surface area contributed by atoms with Crippen LogP contribution in [0.5, 0.6) is 0 Å². The summed E-state index contributed by atoms with van der Waals surface area (Å²) in [7, 11) is 2.16. The predicted octanol–water partition coefficient (Wildman–Crippen LogP) is 5.09. The lowest BCUT2D eigenvalue weighted by atomic mass is 10.1. The number of hydrogen-bond donors (Lipinski definition) is 2. The van der Waals surface area contributed by atoms with Crippen LogP contribution in [0.3, 0.4) is 0 Å². The number of aryl methyl sites for hydroxylation is 2. The average molecular weight is 588 g/mol. The van der Waals surface area contributed by atoms with Crippen molar-refractivity contribution in [3.63, 3.8) is 0 Å². The van der Waals surface area contributed by atoms with Gasteiger partial charge in [0, 0.05) is 42.9 Å². The number of carbonyl (C=O) groups is 1. The van der Waals surface area contributed by atoms with Crippen molar-refractivity contribution in [1.29, 1.82) is 0 Å². The van der Waals surface area contributed by atoms with Crippen molar-refractivity contribution in [2.24, 2.45) is 5.92 Å². The number of hydrogen-bond acceptors (Lipinski definition) is 6. The molecule has 0 radical (unpaired) electrons. The second kappa shape index (κ2) is 12.1. The van der Waals surface area contributed by atoms with Crippen LogP contribution in [-0.4, -0.2) is 71.6 Å². The smallest absolute Gasteiger partial charge is 0.277 e. The number of piperazine rings is 1. The molecule has 1 amide bonds. The van der Waals surface area contributed by atoms with E-state index in [0.717, 1.165) is 68.4 Å². The number of aromatic nitrogens is 2. The molecule has 1 saturated carbocycles. The highest BCUT2D eigenvalue weighted by molar-refractivity contribution is 9.10. The molecule has 3 aromatic rings. The second-order valence-corrected chi connectivity index (χ2v) is 11.5. The Kier molecular flexibility index (Phi) is 8.62. The van der Waals surface area contributed by atoms with Crippen LogP contribution >= 0.6 is 15.9 Å². The Hall–Kier alpha value is -2.53. The van der Waals surface area contributed by atoms with Gasteiger partial charge >= 0.3 is 0 Å². The van der Waals surface area contributed by atoms with Gasteiger partial charge in [0.1, 0.15) is 5.52 Å². The Morgan fingerprint density at radius 2 is 1.92 bits per heavy atom. The summed E-state index contributed by atoms with van der Waals surface area (Å²) in [6.45, 7) is 8.58. The molecule has 0 atom stereocenters. The van der Waals surface area contributed by atoms with Gasteiger partial charge in [0.2, 0.25) is 0 Å². The zero-order valence-electron chi connectivity index (χ0n) is 22.1. The molecule has 1 aromatic heterocycles. The predicted molar refractivity (Wildman–Crippen MR) is 151 cm³/mol. The number of nitrogens with zero attached hydrogens (tertiary/aromatic N) is 4. The fourth-order valence-electron chi connectivity index (χ4n) is 4.79. The number of imidazole rings is 1. The number of rotatable bonds is 11. The summed E-state index contributed by atoms with van der Waals surface area (Å²) >= 11 is 3.47. The minimum atomic E-state index is -0.548. The second-order valence-electron chi connectivity index (χ2n) is 10.5. The Morgan fingerprint density at radius 3 is 2.66 bits per heavy atom. The SMILES string of the molecule is Cc1cc(Br)ccc1Nc1c(C(=O)NOCC2CC2)cc2c(ncn2CCCCN2CCN(C)CC2)c1F. The molecule has 2 N–H and O–H groups in total. The number of halogens is 2. The van der Waals surface area contributed by atoms with E-state index in [-0.39, 0.29) is 16.8 Å². The van der Waals surface area contributed by atoms with E-state index in [1.165, 1.54) is 0 Å². The molecular formula is C28H36BrFN6O2. The van der Waals surface area contributed by atoms with E-state index in [9.17, 15) is 4.79 Å².